The Morgan fingerprint density at radius 2 is 1.76 bits per heavy atom. The molecular weight excluding hydrogens is 264 g/mol. The maximum absolute atomic E-state index is 8.95. The fourth-order valence-electron chi connectivity index (χ4n) is 2.36. The Labute approximate surface area is 122 Å². The van der Waals surface area contributed by atoms with Gasteiger partial charge in [0.25, 0.3) is 0 Å². The number of aromatic nitrogens is 1. The van der Waals surface area contributed by atoms with E-state index in [9.17, 15) is 0 Å². The van der Waals surface area contributed by atoms with Crippen LogP contribution in [0.4, 0.5) is 0 Å². The normalized spacial score (nSPS) is 10.3. The third-order valence-electron chi connectivity index (χ3n) is 3.45. The Morgan fingerprint density at radius 3 is 2.48 bits per heavy atom. The number of H-pyrrole nitrogens is 1. The molecule has 1 heterocycles. The minimum absolute atomic E-state index is 0.642. The number of nitrogens with one attached hydrogen (secondary N) is 1. The molecule has 0 bridgehead atoms. The van der Waals surface area contributed by atoms with Crippen molar-refractivity contribution >= 4 is 10.9 Å². The topological polar surface area (TPSA) is 58.0 Å². The van der Waals surface area contributed by atoms with Crippen LogP contribution in [0, 0.1) is 11.3 Å². The molecule has 0 saturated heterocycles. The van der Waals surface area contributed by atoms with E-state index in [1.165, 1.54) is 0 Å². The molecular formula is C17H14N2O2. The van der Waals surface area contributed by atoms with E-state index >= 15 is 0 Å². The Kier molecular flexibility index (Phi) is 3.25. The van der Waals surface area contributed by atoms with Crippen LogP contribution < -0.4 is 9.47 Å². The van der Waals surface area contributed by atoms with Crippen molar-refractivity contribution in [2.75, 3.05) is 14.2 Å². The first kappa shape index (κ1) is 13.1. The molecule has 0 unspecified atom stereocenters. The molecule has 3 aromatic rings. The molecule has 0 fully saturated rings. The quantitative estimate of drug-likeness (QED) is 0.794. The monoisotopic (exact) mass is 278 g/mol. The number of nitrogens with zero attached hydrogens (tertiary/aromatic N) is 1. The van der Waals surface area contributed by atoms with E-state index in [-0.39, 0.29) is 0 Å². The molecule has 21 heavy (non-hydrogen) atoms. The number of aromatic amines is 1. The van der Waals surface area contributed by atoms with E-state index in [1.54, 1.807) is 14.2 Å². The number of ether oxygens (including phenoxy) is 2. The van der Waals surface area contributed by atoms with Crippen molar-refractivity contribution < 1.29 is 9.47 Å². The summed E-state index contributed by atoms with van der Waals surface area (Å²) >= 11 is 0. The predicted octanol–water partition coefficient (Wildman–Crippen LogP) is 3.72. The predicted molar refractivity (Wildman–Crippen MR) is 81.6 cm³/mol. The third-order valence-corrected chi connectivity index (χ3v) is 3.45. The molecule has 4 heteroatoms. The van der Waals surface area contributed by atoms with Gasteiger partial charge < -0.3 is 14.5 Å². The van der Waals surface area contributed by atoms with Crippen LogP contribution in [0.25, 0.3) is 22.2 Å². The van der Waals surface area contributed by atoms with Crippen LogP contribution in [0.1, 0.15) is 5.56 Å². The van der Waals surface area contributed by atoms with Crippen LogP contribution >= 0.6 is 0 Å². The summed E-state index contributed by atoms with van der Waals surface area (Å²) in [6, 6.07) is 15.6. The summed E-state index contributed by atoms with van der Waals surface area (Å²) in [7, 11) is 3.23. The summed E-state index contributed by atoms with van der Waals surface area (Å²) in [5, 5.41) is 10.0. The molecule has 1 N–H and O–H groups in total. The van der Waals surface area contributed by atoms with Gasteiger partial charge in [0.15, 0.2) is 11.5 Å². The molecule has 4 nitrogen and oxygen atoms in total. The zero-order valence-electron chi connectivity index (χ0n) is 11.8. The molecule has 2 aromatic carbocycles. The van der Waals surface area contributed by atoms with Crippen molar-refractivity contribution in [2.45, 2.75) is 0 Å². The molecule has 0 atom stereocenters. The van der Waals surface area contributed by atoms with E-state index in [2.05, 4.69) is 17.1 Å². The van der Waals surface area contributed by atoms with Crippen molar-refractivity contribution in [3.05, 3.63) is 48.0 Å². The maximum atomic E-state index is 8.95. The van der Waals surface area contributed by atoms with Gasteiger partial charge in [-0.1, -0.05) is 6.07 Å². The fraction of sp³-hybridized carbons (Fsp3) is 0.118. The van der Waals surface area contributed by atoms with Crippen molar-refractivity contribution in [2.24, 2.45) is 0 Å². The van der Waals surface area contributed by atoms with Crippen molar-refractivity contribution in [3.63, 3.8) is 0 Å². The van der Waals surface area contributed by atoms with Crippen molar-refractivity contribution in [3.8, 4) is 28.8 Å². The first-order valence-electron chi connectivity index (χ1n) is 6.50. The number of methoxy groups -OCH3 is 2. The lowest BCUT2D eigenvalue weighted by Gasteiger charge is -2.08. The lowest BCUT2D eigenvalue weighted by atomic mass is 10.1. The molecule has 1 aromatic heterocycles. The second-order valence-electron chi connectivity index (χ2n) is 4.67. The largest absolute Gasteiger partial charge is 0.493 e. The first-order valence-corrected chi connectivity index (χ1v) is 6.50. The zero-order valence-corrected chi connectivity index (χ0v) is 11.8. The summed E-state index contributed by atoms with van der Waals surface area (Å²) in [6.07, 6.45) is 0. The van der Waals surface area contributed by atoms with E-state index in [4.69, 9.17) is 14.7 Å². The van der Waals surface area contributed by atoms with Crippen LogP contribution in [0.2, 0.25) is 0 Å². The van der Waals surface area contributed by atoms with E-state index in [0.29, 0.717) is 17.1 Å². The Balaban J connectivity index is 2.10. The average molecular weight is 278 g/mol. The molecule has 3 rings (SSSR count). The number of hydrogen-bond donors (Lipinski definition) is 1. The van der Waals surface area contributed by atoms with Crippen LogP contribution in [-0.4, -0.2) is 19.2 Å². The van der Waals surface area contributed by atoms with Crippen molar-refractivity contribution in [1.29, 1.82) is 5.26 Å². The second-order valence-corrected chi connectivity index (χ2v) is 4.67. The van der Waals surface area contributed by atoms with Crippen LogP contribution in [0.5, 0.6) is 11.5 Å². The maximum Gasteiger partial charge on any atom is 0.161 e. The van der Waals surface area contributed by atoms with Gasteiger partial charge in [0.1, 0.15) is 0 Å². The van der Waals surface area contributed by atoms with Gasteiger partial charge in [-0.25, -0.2) is 0 Å². The van der Waals surface area contributed by atoms with Crippen LogP contribution in [0.3, 0.4) is 0 Å². The van der Waals surface area contributed by atoms with Gasteiger partial charge in [-0.15, -0.1) is 0 Å². The Hall–Kier alpha value is -2.93. The zero-order chi connectivity index (χ0) is 14.8. The van der Waals surface area contributed by atoms with Gasteiger partial charge in [-0.3, -0.25) is 0 Å². The molecule has 0 saturated carbocycles. The minimum Gasteiger partial charge on any atom is -0.493 e. The van der Waals surface area contributed by atoms with Gasteiger partial charge in [0.2, 0.25) is 0 Å². The number of fused-ring (bicyclic) bond motifs is 1. The highest BCUT2D eigenvalue weighted by molar-refractivity contribution is 5.87. The molecule has 0 aliphatic rings. The summed E-state index contributed by atoms with van der Waals surface area (Å²) < 4.78 is 10.6. The van der Waals surface area contributed by atoms with Gasteiger partial charge in [-0.2, -0.15) is 5.26 Å². The standard InChI is InChI=1S/C17H14N2O2/c1-20-16-6-5-13(9-17(16)21-2)15-8-12-4-3-11(10-18)7-14(12)19-15/h3-9,19H,1-2H3. The van der Waals surface area contributed by atoms with Gasteiger partial charge >= 0.3 is 0 Å². The number of rotatable bonds is 3. The van der Waals surface area contributed by atoms with Gasteiger partial charge in [0, 0.05) is 22.2 Å². The fourth-order valence-corrected chi connectivity index (χ4v) is 2.36. The van der Waals surface area contributed by atoms with Crippen LogP contribution in [-0.2, 0) is 0 Å². The van der Waals surface area contributed by atoms with E-state index in [1.807, 2.05) is 36.4 Å². The average Bonchev–Trinajstić information content (AvgIpc) is 2.96. The summed E-state index contributed by atoms with van der Waals surface area (Å²) in [6.45, 7) is 0. The third kappa shape index (κ3) is 2.30. The SMILES string of the molecule is COc1ccc(-c2cc3ccc(C#N)cc3[nH]2)cc1OC. The highest BCUT2D eigenvalue weighted by Crippen LogP contribution is 2.33. The van der Waals surface area contributed by atoms with Gasteiger partial charge in [-0.05, 0) is 36.4 Å². The Bertz CT molecular complexity index is 844. The second kappa shape index (κ2) is 5.22. The molecule has 104 valence electrons. The van der Waals surface area contributed by atoms with E-state index in [0.717, 1.165) is 22.2 Å². The van der Waals surface area contributed by atoms with Gasteiger partial charge in [0.05, 0.1) is 25.9 Å². The lowest BCUT2D eigenvalue weighted by molar-refractivity contribution is 0.355. The molecule has 0 radical (unpaired) electrons. The van der Waals surface area contributed by atoms with E-state index < -0.39 is 0 Å². The summed E-state index contributed by atoms with van der Waals surface area (Å²) in [5.41, 5.74) is 3.56. The molecule has 0 amide bonds. The Morgan fingerprint density at radius 1 is 0.952 bits per heavy atom. The van der Waals surface area contributed by atoms with Crippen molar-refractivity contribution in [1.82, 2.24) is 4.98 Å². The summed E-state index contributed by atoms with van der Waals surface area (Å²) in [4.78, 5) is 3.33. The number of benzene rings is 2. The molecule has 0 aliphatic carbocycles. The molecule has 0 aliphatic heterocycles. The number of nitriles is 1. The summed E-state index contributed by atoms with van der Waals surface area (Å²) in [5.74, 6) is 1.38. The lowest BCUT2D eigenvalue weighted by Crippen LogP contribution is -1.90. The highest BCUT2D eigenvalue weighted by atomic mass is 16.5. The number of hydrogen-bond acceptors (Lipinski definition) is 3. The molecule has 0 spiro atoms. The highest BCUT2D eigenvalue weighted by Gasteiger charge is 2.08. The smallest absolute Gasteiger partial charge is 0.161 e. The first-order chi connectivity index (χ1) is 10.2. The van der Waals surface area contributed by atoms with Crippen LogP contribution in [0.15, 0.2) is 42.5 Å². The minimum atomic E-state index is 0.642.